The molecule has 2 unspecified atom stereocenters. The lowest BCUT2D eigenvalue weighted by atomic mass is 9.97. The fourth-order valence-electron chi connectivity index (χ4n) is 2.65. The molecule has 0 aromatic carbocycles. The molecule has 0 bridgehead atoms. The maximum absolute atomic E-state index is 3.30. The molecule has 2 heteroatoms. The van der Waals surface area contributed by atoms with E-state index in [0.717, 1.165) is 18.5 Å². The van der Waals surface area contributed by atoms with E-state index in [1.807, 2.05) is 7.05 Å². The van der Waals surface area contributed by atoms with Crippen LogP contribution in [0.25, 0.3) is 0 Å². The Balaban J connectivity index is 4.64. The molecule has 0 aliphatic heterocycles. The minimum absolute atomic E-state index is 0.662. The van der Waals surface area contributed by atoms with Gasteiger partial charge in [-0.25, -0.2) is 0 Å². The van der Waals surface area contributed by atoms with Gasteiger partial charge in [0.05, 0.1) is 0 Å². The molecule has 1 N–H and O–H groups in total. The van der Waals surface area contributed by atoms with Gasteiger partial charge in [0.2, 0.25) is 0 Å². The van der Waals surface area contributed by atoms with Crippen LogP contribution in [0, 0.1) is 11.8 Å². The maximum Gasteiger partial charge on any atom is 0.0108 e. The van der Waals surface area contributed by atoms with E-state index in [1.54, 1.807) is 0 Å². The summed E-state index contributed by atoms with van der Waals surface area (Å²) in [5, 5.41) is 3.30. The molecule has 0 spiro atoms. The van der Waals surface area contributed by atoms with E-state index in [9.17, 15) is 0 Å². The number of hydrogen-bond acceptors (Lipinski definition) is 2. The zero-order valence-corrected chi connectivity index (χ0v) is 13.1. The van der Waals surface area contributed by atoms with E-state index >= 15 is 0 Å². The van der Waals surface area contributed by atoms with Crippen molar-refractivity contribution >= 4 is 0 Å². The SMILES string of the molecule is CCC(CC)N(CC(C)C)C(C)C(C)CNC. The average molecular weight is 242 g/mol. The van der Waals surface area contributed by atoms with E-state index in [0.29, 0.717) is 12.0 Å². The molecular weight excluding hydrogens is 208 g/mol. The molecule has 104 valence electrons. The summed E-state index contributed by atoms with van der Waals surface area (Å²) in [5.41, 5.74) is 0. The number of nitrogens with zero attached hydrogens (tertiary/aromatic N) is 1. The second-order valence-electron chi connectivity index (χ2n) is 5.84. The fourth-order valence-corrected chi connectivity index (χ4v) is 2.65. The largest absolute Gasteiger partial charge is 0.319 e. The van der Waals surface area contributed by atoms with E-state index in [2.05, 4.69) is 51.8 Å². The molecule has 0 fully saturated rings. The van der Waals surface area contributed by atoms with Gasteiger partial charge in [0.25, 0.3) is 0 Å². The zero-order chi connectivity index (χ0) is 13.4. The molecule has 0 aromatic heterocycles. The average Bonchev–Trinajstić information content (AvgIpc) is 2.28. The molecule has 2 atom stereocenters. The summed E-state index contributed by atoms with van der Waals surface area (Å²) in [6, 6.07) is 1.40. The highest BCUT2D eigenvalue weighted by atomic mass is 15.2. The van der Waals surface area contributed by atoms with Gasteiger partial charge in [0.1, 0.15) is 0 Å². The maximum atomic E-state index is 3.30. The first-order valence-electron chi connectivity index (χ1n) is 7.38. The van der Waals surface area contributed by atoms with Crippen LogP contribution in [0.4, 0.5) is 0 Å². The Kier molecular flexibility index (Phi) is 8.89. The topological polar surface area (TPSA) is 15.3 Å². The predicted octanol–water partition coefficient (Wildman–Crippen LogP) is 3.38. The molecule has 0 saturated heterocycles. The smallest absolute Gasteiger partial charge is 0.0108 e. The van der Waals surface area contributed by atoms with Crippen molar-refractivity contribution in [2.75, 3.05) is 20.1 Å². The van der Waals surface area contributed by atoms with E-state index in [1.165, 1.54) is 19.4 Å². The monoisotopic (exact) mass is 242 g/mol. The normalized spacial score (nSPS) is 15.9. The van der Waals surface area contributed by atoms with Crippen LogP contribution in [0.1, 0.15) is 54.4 Å². The number of hydrogen-bond donors (Lipinski definition) is 1. The second-order valence-corrected chi connectivity index (χ2v) is 5.84. The van der Waals surface area contributed by atoms with Gasteiger partial charge in [0.15, 0.2) is 0 Å². The third-order valence-corrected chi connectivity index (χ3v) is 3.86. The summed E-state index contributed by atoms with van der Waals surface area (Å²) in [7, 11) is 2.05. The molecule has 0 saturated carbocycles. The van der Waals surface area contributed by atoms with Gasteiger partial charge in [-0.3, -0.25) is 4.90 Å². The van der Waals surface area contributed by atoms with Gasteiger partial charge in [-0.2, -0.15) is 0 Å². The summed E-state index contributed by atoms with van der Waals surface area (Å²) < 4.78 is 0. The van der Waals surface area contributed by atoms with Crippen molar-refractivity contribution in [1.29, 1.82) is 0 Å². The molecule has 0 amide bonds. The zero-order valence-electron chi connectivity index (χ0n) is 13.1. The van der Waals surface area contributed by atoms with Gasteiger partial charge < -0.3 is 5.32 Å². The highest BCUT2D eigenvalue weighted by Crippen LogP contribution is 2.19. The minimum Gasteiger partial charge on any atom is -0.319 e. The van der Waals surface area contributed by atoms with Gasteiger partial charge in [0, 0.05) is 18.6 Å². The quantitative estimate of drug-likeness (QED) is 0.667. The van der Waals surface area contributed by atoms with Crippen LogP contribution in [0.5, 0.6) is 0 Å². The van der Waals surface area contributed by atoms with Crippen molar-refractivity contribution in [1.82, 2.24) is 10.2 Å². The number of nitrogens with one attached hydrogen (secondary N) is 1. The molecule has 0 aliphatic rings. The summed E-state index contributed by atoms with van der Waals surface area (Å²) in [6.45, 7) is 16.4. The van der Waals surface area contributed by atoms with Crippen LogP contribution in [-0.4, -0.2) is 37.1 Å². The molecule has 0 aliphatic carbocycles. The van der Waals surface area contributed by atoms with Crippen molar-refractivity contribution in [3.05, 3.63) is 0 Å². The lowest BCUT2D eigenvalue weighted by Crippen LogP contribution is -2.47. The van der Waals surface area contributed by atoms with Crippen LogP contribution in [0.2, 0.25) is 0 Å². The van der Waals surface area contributed by atoms with E-state index in [4.69, 9.17) is 0 Å². The lowest BCUT2D eigenvalue weighted by Gasteiger charge is -2.40. The summed E-state index contributed by atoms with van der Waals surface area (Å²) in [5.74, 6) is 1.46. The van der Waals surface area contributed by atoms with Crippen molar-refractivity contribution in [3.63, 3.8) is 0 Å². The summed E-state index contributed by atoms with van der Waals surface area (Å²) >= 11 is 0. The molecule has 2 nitrogen and oxygen atoms in total. The molecular formula is C15H34N2. The fraction of sp³-hybridized carbons (Fsp3) is 1.00. The Bertz CT molecular complexity index is 176. The highest BCUT2D eigenvalue weighted by Gasteiger charge is 2.25. The third kappa shape index (κ3) is 5.87. The minimum atomic E-state index is 0.662. The van der Waals surface area contributed by atoms with Gasteiger partial charge >= 0.3 is 0 Å². The Morgan fingerprint density at radius 2 is 1.53 bits per heavy atom. The van der Waals surface area contributed by atoms with Gasteiger partial charge in [-0.15, -0.1) is 0 Å². The van der Waals surface area contributed by atoms with Crippen LogP contribution in [0.15, 0.2) is 0 Å². The first-order valence-corrected chi connectivity index (χ1v) is 7.38. The van der Waals surface area contributed by atoms with Crippen LogP contribution in [-0.2, 0) is 0 Å². The van der Waals surface area contributed by atoms with Crippen molar-refractivity contribution in [3.8, 4) is 0 Å². The molecule has 17 heavy (non-hydrogen) atoms. The molecule has 0 aromatic rings. The Morgan fingerprint density at radius 3 is 1.88 bits per heavy atom. The summed E-state index contributed by atoms with van der Waals surface area (Å²) in [6.07, 6.45) is 2.53. The van der Waals surface area contributed by atoms with Gasteiger partial charge in [-0.05, 0) is 45.2 Å². The highest BCUT2D eigenvalue weighted by molar-refractivity contribution is 4.80. The molecule has 0 rings (SSSR count). The number of rotatable bonds is 9. The Labute approximate surface area is 109 Å². The van der Waals surface area contributed by atoms with Gasteiger partial charge in [-0.1, -0.05) is 34.6 Å². The first kappa shape index (κ1) is 16.9. The standard InChI is InChI=1S/C15H34N2/c1-8-15(9-2)17(11-12(3)4)14(6)13(5)10-16-7/h12-16H,8-11H2,1-7H3. The van der Waals surface area contributed by atoms with Crippen molar-refractivity contribution in [2.24, 2.45) is 11.8 Å². The predicted molar refractivity (Wildman–Crippen MR) is 78.5 cm³/mol. The molecule has 0 radical (unpaired) electrons. The van der Waals surface area contributed by atoms with Crippen LogP contribution >= 0.6 is 0 Å². The summed E-state index contributed by atoms with van der Waals surface area (Å²) in [4.78, 5) is 2.73. The Hall–Kier alpha value is -0.0800. The van der Waals surface area contributed by atoms with Crippen LogP contribution < -0.4 is 5.32 Å². The molecule has 0 heterocycles. The van der Waals surface area contributed by atoms with E-state index < -0.39 is 0 Å². The second kappa shape index (κ2) is 8.93. The van der Waals surface area contributed by atoms with E-state index in [-0.39, 0.29) is 0 Å². The third-order valence-electron chi connectivity index (χ3n) is 3.86. The lowest BCUT2D eigenvalue weighted by molar-refractivity contribution is 0.0872. The first-order chi connectivity index (χ1) is 7.97. The Morgan fingerprint density at radius 1 is 1.00 bits per heavy atom. The van der Waals surface area contributed by atoms with Crippen molar-refractivity contribution in [2.45, 2.75) is 66.5 Å². The van der Waals surface area contributed by atoms with Crippen molar-refractivity contribution < 1.29 is 0 Å². The van der Waals surface area contributed by atoms with Crippen LogP contribution in [0.3, 0.4) is 0 Å².